The molecule has 1 atom stereocenters. The molecule has 4 nitrogen and oxygen atoms in total. The van der Waals surface area contributed by atoms with Gasteiger partial charge in [0.2, 0.25) is 0 Å². The van der Waals surface area contributed by atoms with Gasteiger partial charge in [-0.05, 0) is 19.1 Å². The first-order valence-electron chi connectivity index (χ1n) is 5.11. The Bertz CT molecular complexity index is 511. The molecule has 88 valence electrons. The van der Waals surface area contributed by atoms with Gasteiger partial charge >= 0.3 is 0 Å². The van der Waals surface area contributed by atoms with Crippen LogP contribution in [0, 0.1) is 5.82 Å². The fourth-order valence-electron chi connectivity index (χ4n) is 1.39. The number of carbonyl (C=O) groups excluding carboxylic acids is 1. The van der Waals surface area contributed by atoms with Gasteiger partial charge < -0.3 is 4.74 Å². The first-order chi connectivity index (χ1) is 8.16. The lowest BCUT2D eigenvalue weighted by Gasteiger charge is -2.13. The average Bonchev–Trinajstić information content (AvgIpc) is 2.81. The topological polar surface area (TPSA) is 44.1 Å². The summed E-state index contributed by atoms with van der Waals surface area (Å²) in [4.78, 5) is 15.6. The van der Waals surface area contributed by atoms with Crippen molar-refractivity contribution in [3.05, 3.63) is 48.8 Å². The molecule has 2 rings (SSSR count). The maximum Gasteiger partial charge on any atom is 0.272 e. The zero-order valence-electron chi connectivity index (χ0n) is 9.21. The predicted octanol–water partition coefficient (Wildman–Crippen LogP) is 2.13. The average molecular weight is 234 g/mol. The van der Waals surface area contributed by atoms with Crippen molar-refractivity contribution in [3.8, 4) is 5.75 Å². The van der Waals surface area contributed by atoms with Gasteiger partial charge in [-0.1, -0.05) is 6.07 Å². The number of benzene rings is 1. The zero-order chi connectivity index (χ0) is 12.3. The van der Waals surface area contributed by atoms with E-state index < -0.39 is 11.9 Å². The molecule has 1 heterocycles. The summed E-state index contributed by atoms with van der Waals surface area (Å²) in [5.41, 5.74) is 0. The number of aromatic nitrogens is 2. The maximum atomic E-state index is 12.9. The summed E-state index contributed by atoms with van der Waals surface area (Å²) < 4.78 is 19.6. The second-order valence-corrected chi connectivity index (χ2v) is 3.53. The number of hydrogen-bond acceptors (Lipinski definition) is 3. The standard InChI is InChI=1S/C12H11FN2O2/c1-9(12(16)15-6-5-14-8-15)17-11-4-2-3-10(13)7-11/h2-9H,1H3. The van der Waals surface area contributed by atoms with E-state index in [0.717, 1.165) is 0 Å². The highest BCUT2D eigenvalue weighted by atomic mass is 19.1. The molecule has 0 saturated carbocycles. The fraction of sp³-hybridized carbons (Fsp3) is 0.167. The van der Waals surface area contributed by atoms with Gasteiger partial charge in [0.1, 0.15) is 17.9 Å². The minimum atomic E-state index is -0.703. The van der Waals surface area contributed by atoms with E-state index >= 15 is 0 Å². The van der Waals surface area contributed by atoms with Gasteiger partial charge in [0.25, 0.3) is 5.91 Å². The second-order valence-electron chi connectivity index (χ2n) is 3.53. The van der Waals surface area contributed by atoms with Crippen molar-refractivity contribution in [1.82, 2.24) is 9.55 Å². The van der Waals surface area contributed by atoms with E-state index in [4.69, 9.17) is 4.74 Å². The Morgan fingerprint density at radius 2 is 2.35 bits per heavy atom. The number of halogens is 1. The van der Waals surface area contributed by atoms with Crippen molar-refractivity contribution < 1.29 is 13.9 Å². The Hall–Kier alpha value is -2.17. The second kappa shape index (κ2) is 4.78. The first kappa shape index (κ1) is 11.3. The molecule has 0 radical (unpaired) electrons. The third-order valence-corrected chi connectivity index (χ3v) is 2.22. The van der Waals surface area contributed by atoms with Gasteiger partial charge in [-0.3, -0.25) is 9.36 Å². The third kappa shape index (κ3) is 2.69. The molecule has 0 amide bonds. The van der Waals surface area contributed by atoms with Gasteiger partial charge in [0, 0.05) is 18.5 Å². The van der Waals surface area contributed by atoms with Crippen molar-refractivity contribution >= 4 is 5.91 Å². The van der Waals surface area contributed by atoms with Crippen LogP contribution in [-0.2, 0) is 0 Å². The van der Waals surface area contributed by atoms with Crippen LogP contribution in [0.4, 0.5) is 4.39 Å². The van der Waals surface area contributed by atoms with E-state index in [0.29, 0.717) is 5.75 Å². The molecule has 0 N–H and O–H groups in total. The predicted molar refractivity (Wildman–Crippen MR) is 59.3 cm³/mol. The van der Waals surface area contributed by atoms with Crippen LogP contribution in [0.2, 0.25) is 0 Å². The van der Waals surface area contributed by atoms with E-state index in [1.165, 1.54) is 41.5 Å². The molecule has 0 fully saturated rings. The molecule has 0 bridgehead atoms. The summed E-state index contributed by atoms with van der Waals surface area (Å²) in [5, 5.41) is 0. The lowest BCUT2D eigenvalue weighted by atomic mass is 10.3. The highest BCUT2D eigenvalue weighted by Crippen LogP contribution is 2.14. The molecule has 1 unspecified atom stereocenters. The van der Waals surface area contributed by atoms with Gasteiger partial charge in [0.05, 0.1) is 0 Å². The van der Waals surface area contributed by atoms with E-state index in [1.54, 1.807) is 13.0 Å². The molecule has 0 aliphatic heterocycles. The van der Waals surface area contributed by atoms with Crippen LogP contribution in [0.25, 0.3) is 0 Å². The third-order valence-electron chi connectivity index (χ3n) is 2.22. The smallest absolute Gasteiger partial charge is 0.272 e. The summed E-state index contributed by atoms with van der Waals surface area (Å²) in [7, 11) is 0. The molecular weight excluding hydrogens is 223 g/mol. The van der Waals surface area contributed by atoms with E-state index in [1.807, 2.05) is 0 Å². The summed E-state index contributed by atoms with van der Waals surface area (Å²) >= 11 is 0. The highest BCUT2D eigenvalue weighted by Gasteiger charge is 2.16. The van der Waals surface area contributed by atoms with Gasteiger partial charge in [-0.25, -0.2) is 9.37 Å². The summed E-state index contributed by atoms with van der Waals surface area (Å²) in [6, 6.07) is 5.67. The fourth-order valence-corrected chi connectivity index (χ4v) is 1.39. The van der Waals surface area contributed by atoms with Crippen molar-refractivity contribution in [2.45, 2.75) is 13.0 Å². The first-order valence-corrected chi connectivity index (χ1v) is 5.11. The van der Waals surface area contributed by atoms with Crippen LogP contribution < -0.4 is 4.74 Å². The van der Waals surface area contributed by atoms with E-state index in [-0.39, 0.29) is 5.91 Å². The molecule has 2 aromatic rings. The van der Waals surface area contributed by atoms with Gasteiger partial charge in [-0.15, -0.1) is 0 Å². The lowest BCUT2D eigenvalue weighted by molar-refractivity contribution is 0.0727. The Morgan fingerprint density at radius 3 is 3.00 bits per heavy atom. The van der Waals surface area contributed by atoms with Crippen LogP contribution >= 0.6 is 0 Å². The Kier molecular flexibility index (Phi) is 3.18. The van der Waals surface area contributed by atoms with Crippen LogP contribution in [0.15, 0.2) is 43.0 Å². The largest absolute Gasteiger partial charge is 0.481 e. The molecule has 0 aliphatic carbocycles. The SMILES string of the molecule is CC(Oc1cccc(F)c1)C(=O)n1ccnc1. The maximum absolute atomic E-state index is 12.9. The summed E-state index contributed by atoms with van der Waals surface area (Å²) in [6.45, 7) is 1.60. The van der Waals surface area contributed by atoms with E-state index in [2.05, 4.69) is 4.98 Å². The van der Waals surface area contributed by atoms with Crippen LogP contribution in [0.5, 0.6) is 5.75 Å². The number of hydrogen-bond donors (Lipinski definition) is 0. The van der Waals surface area contributed by atoms with Gasteiger partial charge in [0.15, 0.2) is 6.10 Å². The number of ether oxygens (including phenoxy) is 1. The van der Waals surface area contributed by atoms with Gasteiger partial charge in [-0.2, -0.15) is 0 Å². The molecule has 0 aliphatic rings. The van der Waals surface area contributed by atoms with Crippen LogP contribution in [-0.4, -0.2) is 21.6 Å². The number of nitrogens with zero attached hydrogens (tertiary/aromatic N) is 2. The highest BCUT2D eigenvalue weighted by molar-refractivity contribution is 5.83. The number of rotatable bonds is 3. The van der Waals surface area contributed by atoms with Crippen molar-refractivity contribution in [1.29, 1.82) is 0 Å². The molecule has 1 aromatic heterocycles. The number of imidazole rings is 1. The Labute approximate surface area is 97.7 Å². The van der Waals surface area contributed by atoms with E-state index in [9.17, 15) is 9.18 Å². The molecule has 5 heteroatoms. The zero-order valence-corrected chi connectivity index (χ0v) is 9.21. The van der Waals surface area contributed by atoms with Crippen molar-refractivity contribution in [3.63, 3.8) is 0 Å². The Balaban J connectivity index is 2.07. The minimum absolute atomic E-state index is 0.258. The normalized spacial score (nSPS) is 12.1. The quantitative estimate of drug-likeness (QED) is 0.817. The number of carbonyl (C=O) groups is 1. The Morgan fingerprint density at radius 1 is 1.53 bits per heavy atom. The molecule has 1 aromatic carbocycles. The minimum Gasteiger partial charge on any atom is -0.481 e. The van der Waals surface area contributed by atoms with Crippen molar-refractivity contribution in [2.75, 3.05) is 0 Å². The molecular formula is C12H11FN2O2. The van der Waals surface area contributed by atoms with Crippen LogP contribution in [0.3, 0.4) is 0 Å². The van der Waals surface area contributed by atoms with Crippen molar-refractivity contribution in [2.24, 2.45) is 0 Å². The summed E-state index contributed by atoms with van der Waals surface area (Å²) in [6.07, 6.45) is 3.74. The molecule has 0 saturated heterocycles. The molecule has 0 spiro atoms. The van der Waals surface area contributed by atoms with Crippen LogP contribution in [0.1, 0.15) is 11.7 Å². The summed E-state index contributed by atoms with van der Waals surface area (Å²) in [5.74, 6) is -0.331. The monoisotopic (exact) mass is 234 g/mol. The lowest BCUT2D eigenvalue weighted by Crippen LogP contribution is -2.28. The molecule has 17 heavy (non-hydrogen) atoms.